The Morgan fingerprint density at radius 1 is 1.43 bits per heavy atom. The monoisotopic (exact) mass is 187 g/mol. The van der Waals surface area contributed by atoms with Gasteiger partial charge in [0.25, 0.3) is 0 Å². The van der Waals surface area contributed by atoms with Gasteiger partial charge in [0, 0.05) is 11.6 Å². The van der Waals surface area contributed by atoms with Crippen molar-refractivity contribution in [3.05, 3.63) is 29.6 Å². The van der Waals surface area contributed by atoms with Crippen molar-refractivity contribution < 1.29 is 0 Å². The standard InChI is InChI=1S/C11H13N3/c1-7-3-2-4-9-13-10(8-5-6-8)11(12)14(7)9/h2-4,8H,5-6,12H2,1H3. The third-order valence-electron chi connectivity index (χ3n) is 2.87. The molecule has 0 spiro atoms. The number of hydrogen-bond acceptors (Lipinski definition) is 2. The van der Waals surface area contributed by atoms with Gasteiger partial charge in [-0.3, -0.25) is 4.40 Å². The van der Waals surface area contributed by atoms with E-state index in [9.17, 15) is 0 Å². The molecule has 0 bridgehead atoms. The van der Waals surface area contributed by atoms with Crippen LogP contribution in [0.5, 0.6) is 0 Å². The van der Waals surface area contributed by atoms with Gasteiger partial charge in [0.2, 0.25) is 0 Å². The van der Waals surface area contributed by atoms with Crippen molar-refractivity contribution >= 4 is 11.5 Å². The Morgan fingerprint density at radius 3 is 2.86 bits per heavy atom. The number of nitrogens with two attached hydrogens (primary N) is 1. The summed E-state index contributed by atoms with van der Waals surface area (Å²) in [5.41, 5.74) is 9.31. The lowest BCUT2D eigenvalue weighted by molar-refractivity contribution is 1.06. The normalized spacial score (nSPS) is 16.4. The highest BCUT2D eigenvalue weighted by molar-refractivity contribution is 5.55. The molecule has 0 saturated heterocycles. The van der Waals surface area contributed by atoms with Crippen LogP contribution in [0.1, 0.15) is 30.1 Å². The van der Waals surface area contributed by atoms with Crippen molar-refractivity contribution in [2.45, 2.75) is 25.7 Å². The Labute approximate surface area is 82.6 Å². The van der Waals surface area contributed by atoms with Gasteiger partial charge in [-0.2, -0.15) is 0 Å². The summed E-state index contributed by atoms with van der Waals surface area (Å²) in [5, 5.41) is 0. The fraction of sp³-hybridized carbons (Fsp3) is 0.364. The first-order valence-electron chi connectivity index (χ1n) is 5.01. The number of rotatable bonds is 1. The summed E-state index contributed by atoms with van der Waals surface area (Å²) in [7, 11) is 0. The first-order chi connectivity index (χ1) is 6.77. The van der Waals surface area contributed by atoms with E-state index in [2.05, 4.69) is 18.0 Å². The van der Waals surface area contributed by atoms with Gasteiger partial charge in [-0.1, -0.05) is 6.07 Å². The fourth-order valence-electron chi connectivity index (χ4n) is 1.96. The van der Waals surface area contributed by atoms with Crippen molar-refractivity contribution in [1.82, 2.24) is 9.38 Å². The van der Waals surface area contributed by atoms with Crippen LogP contribution >= 0.6 is 0 Å². The van der Waals surface area contributed by atoms with Crippen LogP contribution in [-0.2, 0) is 0 Å². The summed E-state index contributed by atoms with van der Waals surface area (Å²) in [6.07, 6.45) is 2.49. The summed E-state index contributed by atoms with van der Waals surface area (Å²) in [5.74, 6) is 1.45. The van der Waals surface area contributed by atoms with Gasteiger partial charge in [0.15, 0.2) is 0 Å². The van der Waals surface area contributed by atoms with E-state index in [0.29, 0.717) is 5.92 Å². The van der Waals surface area contributed by atoms with Crippen LogP contribution in [0, 0.1) is 6.92 Å². The molecule has 0 aliphatic heterocycles. The Bertz CT molecular complexity index is 494. The number of aryl methyl sites for hydroxylation is 1. The molecule has 1 saturated carbocycles. The van der Waals surface area contributed by atoms with Crippen molar-refractivity contribution in [1.29, 1.82) is 0 Å². The molecule has 72 valence electrons. The van der Waals surface area contributed by atoms with E-state index >= 15 is 0 Å². The Balaban J connectivity index is 2.34. The molecule has 0 atom stereocenters. The van der Waals surface area contributed by atoms with Crippen molar-refractivity contribution in [2.24, 2.45) is 0 Å². The second-order valence-corrected chi connectivity index (χ2v) is 4.02. The number of imidazole rings is 1. The van der Waals surface area contributed by atoms with E-state index in [0.717, 1.165) is 22.9 Å². The first kappa shape index (κ1) is 7.85. The molecule has 3 heteroatoms. The summed E-state index contributed by atoms with van der Waals surface area (Å²) in [4.78, 5) is 4.57. The zero-order chi connectivity index (χ0) is 9.71. The highest BCUT2D eigenvalue weighted by Crippen LogP contribution is 2.42. The van der Waals surface area contributed by atoms with Crippen molar-refractivity contribution in [3.63, 3.8) is 0 Å². The molecule has 3 rings (SSSR count). The van der Waals surface area contributed by atoms with E-state index in [1.54, 1.807) is 0 Å². The van der Waals surface area contributed by atoms with Crippen LogP contribution in [0.25, 0.3) is 5.65 Å². The van der Waals surface area contributed by atoms with Gasteiger partial charge in [0.05, 0.1) is 5.69 Å². The minimum Gasteiger partial charge on any atom is -0.383 e. The molecule has 1 fully saturated rings. The number of pyridine rings is 1. The maximum atomic E-state index is 6.08. The van der Waals surface area contributed by atoms with Gasteiger partial charge in [-0.05, 0) is 31.9 Å². The van der Waals surface area contributed by atoms with Crippen LogP contribution in [0.4, 0.5) is 5.82 Å². The average molecular weight is 187 g/mol. The van der Waals surface area contributed by atoms with E-state index in [1.807, 2.05) is 16.5 Å². The summed E-state index contributed by atoms with van der Waals surface area (Å²) < 4.78 is 2.04. The fourth-order valence-corrected chi connectivity index (χ4v) is 1.96. The van der Waals surface area contributed by atoms with E-state index in [1.165, 1.54) is 12.8 Å². The Hall–Kier alpha value is -1.51. The van der Waals surface area contributed by atoms with E-state index < -0.39 is 0 Å². The molecule has 1 aliphatic rings. The van der Waals surface area contributed by atoms with Crippen molar-refractivity contribution in [2.75, 3.05) is 5.73 Å². The van der Waals surface area contributed by atoms with Crippen LogP contribution in [-0.4, -0.2) is 9.38 Å². The van der Waals surface area contributed by atoms with Crippen LogP contribution in [0.2, 0.25) is 0 Å². The lowest BCUT2D eigenvalue weighted by Gasteiger charge is -2.00. The van der Waals surface area contributed by atoms with Gasteiger partial charge < -0.3 is 5.73 Å². The number of hydrogen-bond donors (Lipinski definition) is 1. The predicted molar refractivity (Wildman–Crippen MR) is 56.3 cm³/mol. The average Bonchev–Trinajstić information content (AvgIpc) is 2.93. The number of aromatic nitrogens is 2. The van der Waals surface area contributed by atoms with E-state index in [4.69, 9.17) is 5.73 Å². The minimum absolute atomic E-state index is 0.620. The quantitative estimate of drug-likeness (QED) is 0.743. The van der Waals surface area contributed by atoms with Gasteiger partial charge >= 0.3 is 0 Å². The number of fused-ring (bicyclic) bond motifs is 1. The molecule has 0 radical (unpaired) electrons. The molecule has 0 amide bonds. The molecule has 2 aromatic heterocycles. The summed E-state index contributed by atoms with van der Waals surface area (Å²) >= 11 is 0. The van der Waals surface area contributed by atoms with Gasteiger partial charge in [-0.15, -0.1) is 0 Å². The maximum Gasteiger partial charge on any atom is 0.138 e. The van der Waals surface area contributed by atoms with Gasteiger partial charge in [0.1, 0.15) is 11.5 Å². The topological polar surface area (TPSA) is 43.3 Å². The maximum absolute atomic E-state index is 6.08. The zero-order valence-electron chi connectivity index (χ0n) is 8.20. The largest absolute Gasteiger partial charge is 0.383 e. The van der Waals surface area contributed by atoms with Gasteiger partial charge in [-0.25, -0.2) is 4.98 Å². The molecule has 0 aromatic carbocycles. The highest BCUT2D eigenvalue weighted by atomic mass is 15.1. The molecule has 0 unspecified atom stereocenters. The smallest absolute Gasteiger partial charge is 0.138 e. The Morgan fingerprint density at radius 2 is 2.21 bits per heavy atom. The second kappa shape index (κ2) is 2.50. The second-order valence-electron chi connectivity index (χ2n) is 4.02. The molecular formula is C11H13N3. The molecule has 3 nitrogen and oxygen atoms in total. The molecule has 2 aromatic rings. The summed E-state index contributed by atoms with van der Waals surface area (Å²) in [6, 6.07) is 6.09. The zero-order valence-corrected chi connectivity index (χ0v) is 8.20. The predicted octanol–water partition coefficient (Wildman–Crippen LogP) is 2.10. The van der Waals surface area contributed by atoms with E-state index in [-0.39, 0.29) is 0 Å². The minimum atomic E-state index is 0.620. The first-order valence-corrected chi connectivity index (χ1v) is 5.01. The molecule has 2 N–H and O–H groups in total. The molecular weight excluding hydrogens is 174 g/mol. The van der Waals surface area contributed by atoms with Crippen molar-refractivity contribution in [3.8, 4) is 0 Å². The third kappa shape index (κ3) is 0.953. The Kier molecular flexibility index (Phi) is 1.40. The summed E-state index contributed by atoms with van der Waals surface area (Å²) in [6.45, 7) is 2.06. The lowest BCUT2D eigenvalue weighted by atomic mass is 10.3. The highest BCUT2D eigenvalue weighted by Gasteiger charge is 2.29. The van der Waals surface area contributed by atoms with Crippen LogP contribution in [0.15, 0.2) is 18.2 Å². The number of anilines is 1. The number of nitrogens with zero attached hydrogens (tertiary/aromatic N) is 2. The van der Waals surface area contributed by atoms with Crippen LogP contribution in [0.3, 0.4) is 0 Å². The molecule has 1 aliphatic carbocycles. The lowest BCUT2D eigenvalue weighted by Crippen LogP contribution is -1.98. The number of nitrogen functional groups attached to an aromatic ring is 1. The SMILES string of the molecule is Cc1cccc2nc(C3CC3)c(N)n12. The molecule has 14 heavy (non-hydrogen) atoms. The molecule has 2 heterocycles. The third-order valence-corrected chi connectivity index (χ3v) is 2.87. The van der Waals surface area contributed by atoms with Crippen LogP contribution < -0.4 is 5.73 Å².